The SMILES string of the molecule is COC(=O)c1[c-]nc(C)cc1.[Rf]. The van der Waals surface area contributed by atoms with Crippen molar-refractivity contribution in [2.75, 3.05) is 7.11 Å². The van der Waals surface area contributed by atoms with Gasteiger partial charge in [0.1, 0.15) is 0 Å². The van der Waals surface area contributed by atoms with Gasteiger partial charge in [-0.2, -0.15) is 0 Å². The van der Waals surface area contributed by atoms with E-state index < -0.39 is 5.97 Å². The van der Waals surface area contributed by atoms with Crippen LogP contribution in [0, 0.1) is 13.1 Å². The van der Waals surface area contributed by atoms with Crippen LogP contribution >= 0.6 is 0 Å². The topological polar surface area (TPSA) is 39.2 Å². The first-order chi connectivity index (χ1) is 5.24. The summed E-state index contributed by atoms with van der Waals surface area (Å²) in [6, 6.07) is 3.37. The zero-order valence-corrected chi connectivity index (χ0v) is 13.5. The molecule has 0 unspecified atom stereocenters. The Balaban J connectivity index is 0.00000121. The quantitative estimate of drug-likeness (QED) is 0.506. The number of hydrogen-bond donors (Lipinski definition) is 0. The van der Waals surface area contributed by atoms with Gasteiger partial charge < -0.3 is 14.5 Å². The summed E-state index contributed by atoms with van der Waals surface area (Å²) in [5.41, 5.74) is 1.19. The number of carbonyl (C=O) groups is 1. The maximum Gasteiger partial charge on any atom is 0.251 e. The molecular formula is C8H8NO2Rf-. The van der Waals surface area contributed by atoms with Crippen LogP contribution in [0.2, 0.25) is 0 Å². The van der Waals surface area contributed by atoms with E-state index in [9.17, 15) is 4.79 Å². The molecule has 60 valence electrons. The fourth-order valence-corrected chi connectivity index (χ4v) is 0.651. The Morgan fingerprint density at radius 3 is 2.67 bits per heavy atom. The second-order valence-electron chi connectivity index (χ2n) is 2.10. The van der Waals surface area contributed by atoms with Crippen LogP contribution < -0.4 is 0 Å². The van der Waals surface area contributed by atoms with E-state index in [1.807, 2.05) is 6.92 Å². The number of carbonyl (C=O) groups excluding carboxylic acids is 1. The molecule has 0 aromatic carbocycles. The molecule has 0 atom stereocenters. The molecular weight excluding hydrogens is 409 g/mol. The van der Waals surface area contributed by atoms with Crippen LogP contribution in [0.4, 0.5) is 0 Å². The Labute approximate surface area is 65.0 Å². The van der Waals surface area contributed by atoms with E-state index >= 15 is 0 Å². The molecule has 0 aliphatic rings. The van der Waals surface area contributed by atoms with Gasteiger partial charge in [0.05, 0.1) is 7.11 Å². The molecule has 4 heteroatoms. The van der Waals surface area contributed by atoms with E-state index in [-0.39, 0.29) is 0 Å². The van der Waals surface area contributed by atoms with Crippen LogP contribution in [-0.2, 0) is 4.74 Å². The Kier molecular flexibility index (Phi) is 2.97. The van der Waals surface area contributed by atoms with Gasteiger partial charge in [-0.3, -0.25) is 0 Å². The number of hydrogen-bond acceptors (Lipinski definition) is 3. The molecule has 1 aromatic heterocycles. The predicted octanol–water partition coefficient (Wildman–Crippen LogP) is 0.977. The van der Waals surface area contributed by atoms with Crippen LogP contribution in [0.25, 0.3) is 0 Å². The summed E-state index contributed by atoms with van der Waals surface area (Å²) in [7, 11) is 1.33. The van der Waals surface area contributed by atoms with Crippen LogP contribution in [0.15, 0.2) is 12.1 Å². The van der Waals surface area contributed by atoms with Gasteiger partial charge in [0.15, 0.2) is 0 Å². The molecule has 0 saturated carbocycles. The average molecular weight is 417 g/mol. The monoisotopic (exact) mass is 417 g/mol. The summed E-state index contributed by atoms with van der Waals surface area (Å²) in [6.07, 6.45) is 2.56. The molecule has 0 bridgehead atoms. The van der Waals surface area contributed by atoms with E-state index in [1.165, 1.54) is 7.11 Å². The van der Waals surface area contributed by atoms with Crippen LogP contribution in [0.1, 0.15) is 16.1 Å². The Hall–Kier alpha value is -2.38. The largest absolute Gasteiger partial charge is 0.509 e. The van der Waals surface area contributed by atoms with Gasteiger partial charge in [-0.25, -0.2) is 0 Å². The van der Waals surface area contributed by atoms with E-state index in [0.29, 0.717) is 5.56 Å². The third-order valence-electron chi connectivity index (χ3n) is 1.25. The van der Waals surface area contributed by atoms with Crippen molar-refractivity contribution >= 4 is 5.97 Å². The number of nitrogens with zero attached hydrogens (tertiary/aromatic N) is 1. The van der Waals surface area contributed by atoms with E-state index in [0.717, 1.165) is 5.69 Å². The van der Waals surface area contributed by atoms with Gasteiger partial charge in [0.2, 0.25) is 0 Å². The van der Waals surface area contributed by atoms with Crippen LogP contribution in [-0.4, -0.2) is 18.1 Å². The van der Waals surface area contributed by atoms with Gasteiger partial charge in [0, 0.05) is 0 Å². The van der Waals surface area contributed by atoms with Crippen molar-refractivity contribution in [2.45, 2.75) is 6.92 Å². The first kappa shape index (κ1) is 9.62. The number of aryl methyl sites for hydroxylation is 1. The summed E-state index contributed by atoms with van der Waals surface area (Å²) in [4.78, 5) is 14.7. The number of esters is 1. The average Bonchev–Trinajstić information content (AvgIpc) is 2.05. The van der Waals surface area contributed by atoms with Gasteiger partial charge in [0.25, 0.3) is 5.97 Å². The van der Waals surface area contributed by atoms with Gasteiger partial charge in [-0.1, -0.05) is 6.92 Å². The summed E-state index contributed by atoms with van der Waals surface area (Å²) < 4.78 is 4.47. The molecule has 0 aliphatic carbocycles. The second kappa shape index (κ2) is 3.71. The molecule has 12 heavy (non-hydrogen) atoms. The molecule has 0 N–H and O–H groups in total. The molecule has 0 saturated heterocycles. The first-order valence-electron chi connectivity index (χ1n) is 3.17. The normalized spacial score (nSPS) is 8.50. The Morgan fingerprint density at radius 1 is 1.58 bits per heavy atom. The van der Waals surface area contributed by atoms with Crippen molar-refractivity contribution in [2.24, 2.45) is 0 Å². The Bertz CT molecular complexity index is 258. The van der Waals surface area contributed by atoms with E-state index in [2.05, 4.69) is 15.9 Å². The van der Waals surface area contributed by atoms with Gasteiger partial charge in [-0.15, -0.1) is 12.1 Å². The molecule has 0 radical (unpaired) electrons. The summed E-state index contributed by atoms with van der Waals surface area (Å²) in [5.74, 6) is -0.405. The van der Waals surface area contributed by atoms with Gasteiger partial charge in [-0.05, 0) is 17.5 Å². The Morgan fingerprint density at radius 2 is 2.25 bits per heavy atom. The smallest absolute Gasteiger partial charge is 0.251 e. The first-order valence-corrected chi connectivity index (χ1v) is 3.17. The molecule has 1 heterocycles. The molecule has 0 aliphatic heterocycles. The molecule has 1 aromatic rings. The maximum absolute atomic E-state index is 10.8. The second-order valence-corrected chi connectivity index (χ2v) is 2.10. The minimum absolute atomic E-state index is 0. The molecule has 0 amide bonds. The summed E-state index contributed by atoms with van der Waals surface area (Å²) in [6.45, 7) is 1.83. The molecule has 1 rings (SSSR count). The van der Waals surface area contributed by atoms with Crippen molar-refractivity contribution in [3.05, 3.63) is 29.6 Å². The van der Waals surface area contributed by atoms with Crippen molar-refractivity contribution in [1.29, 1.82) is 0 Å². The van der Waals surface area contributed by atoms with Crippen molar-refractivity contribution in [3.63, 3.8) is 0 Å². The van der Waals surface area contributed by atoms with Crippen LogP contribution in [0.3, 0.4) is 0 Å². The van der Waals surface area contributed by atoms with Crippen molar-refractivity contribution in [1.82, 2.24) is 4.98 Å². The number of ether oxygens (including phenoxy) is 1. The number of methoxy groups -OCH3 is 1. The number of aromatic nitrogens is 1. The number of rotatable bonds is 1. The minimum atomic E-state index is -0.405. The standard InChI is InChI=1S/C8H8NO2.Rf/c1-6-3-4-7(5-9-6)8(10)11-2;/h3-4H,1-2H3;/q-1;. The third kappa shape index (κ3) is 1.80. The number of pyridine rings is 1. The summed E-state index contributed by atoms with van der Waals surface area (Å²) in [5, 5.41) is 0. The van der Waals surface area contributed by atoms with Crippen LogP contribution in [0.5, 0.6) is 0 Å². The zero-order valence-electron chi connectivity index (χ0n) is 7.13. The van der Waals surface area contributed by atoms with E-state index in [4.69, 9.17) is 0 Å². The summed E-state index contributed by atoms with van der Waals surface area (Å²) >= 11 is 0. The zero-order chi connectivity index (χ0) is 8.27. The van der Waals surface area contributed by atoms with Gasteiger partial charge >= 0.3 is 0 Å². The fraction of sp³-hybridized carbons (Fsp3) is 0.250. The minimum Gasteiger partial charge on any atom is -0.509 e. The third-order valence-corrected chi connectivity index (χ3v) is 1.25. The molecule has 3 nitrogen and oxygen atoms in total. The predicted molar refractivity (Wildman–Crippen MR) is 39.1 cm³/mol. The van der Waals surface area contributed by atoms with Crippen molar-refractivity contribution in [3.8, 4) is 0 Å². The fourth-order valence-electron chi connectivity index (χ4n) is 0.651. The molecule has 0 fully saturated rings. The maximum atomic E-state index is 10.8. The van der Waals surface area contributed by atoms with Crippen molar-refractivity contribution < 1.29 is 9.53 Å². The molecule has 0 spiro atoms. The van der Waals surface area contributed by atoms with E-state index in [1.54, 1.807) is 12.1 Å².